The largest absolute Gasteiger partial charge is 0.350 e. The molecule has 1 saturated heterocycles. The second-order valence-electron chi connectivity index (χ2n) is 6.22. The van der Waals surface area contributed by atoms with Crippen LogP contribution in [0.5, 0.6) is 0 Å². The molecule has 0 aromatic rings. The monoisotopic (exact) mass is 270 g/mol. The highest BCUT2D eigenvalue weighted by Gasteiger charge is 2.30. The Morgan fingerprint density at radius 1 is 1.32 bits per heavy atom. The Morgan fingerprint density at radius 2 is 1.95 bits per heavy atom. The molecule has 1 fully saturated rings. The minimum absolute atomic E-state index is 0.0308. The summed E-state index contributed by atoms with van der Waals surface area (Å²) in [5.41, 5.74) is 0.138. The molecule has 110 valence electrons. The Hall–Kier alpha value is -1.30. The minimum Gasteiger partial charge on any atom is -0.350 e. The van der Waals surface area contributed by atoms with Gasteiger partial charge in [0.15, 0.2) is 0 Å². The van der Waals surface area contributed by atoms with Gasteiger partial charge in [0, 0.05) is 38.8 Å². The second kappa shape index (κ2) is 6.23. The van der Waals surface area contributed by atoms with Crippen molar-refractivity contribution in [1.82, 2.24) is 20.4 Å². The molecular formula is C13H26N4O2. The molecule has 6 heteroatoms. The average Bonchev–Trinajstić information content (AvgIpc) is 2.73. The van der Waals surface area contributed by atoms with Gasteiger partial charge in [-0.1, -0.05) is 0 Å². The van der Waals surface area contributed by atoms with E-state index in [2.05, 4.69) is 36.3 Å². The number of carbonyl (C=O) groups excluding carboxylic acids is 2. The summed E-state index contributed by atoms with van der Waals surface area (Å²) in [4.78, 5) is 26.8. The van der Waals surface area contributed by atoms with Crippen molar-refractivity contribution in [2.45, 2.75) is 38.8 Å². The molecule has 0 aromatic carbocycles. The molecule has 19 heavy (non-hydrogen) atoms. The normalized spacial score (nSPS) is 20.2. The highest BCUT2D eigenvalue weighted by Crippen LogP contribution is 2.20. The average molecular weight is 270 g/mol. The molecule has 6 nitrogen and oxygen atoms in total. The molecule has 0 unspecified atom stereocenters. The van der Waals surface area contributed by atoms with Crippen molar-refractivity contribution in [2.24, 2.45) is 0 Å². The van der Waals surface area contributed by atoms with Gasteiger partial charge in [0.25, 0.3) is 0 Å². The van der Waals surface area contributed by atoms with E-state index in [-0.39, 0.29) is 30.1 Å². The topological polar surface area (TPSA) is 64.7 Å². The van der Waals surface area contributed by atoms with Crippen molar-refractivity contribution in [3.05, 3.63) is 0 Å². The molecule has 1 heterocycles. The molecule has 0 spiro atoms. The predicted octanol–water partition coefficient (Wildman–Crippen LogP) is 0.247. The van der Waals surface area contributed by atoms with E-state index in [0.717, 1.165) is 19.5 Å². The molecule has 0 bridgehead atoms. The number of amides is 3. The summed E-state index contributed by atoms with van der Waals surface area (Å²) in [5.74, 6) is -0.129. The molecule has 3 amide bonds. The number of hydrogen-bond donors (Lipinski definition) is 2. The van der Waals surface area contributed by atoms with Gasteiger partial charge in [-0.15, -0.1) is 0 Å². The molecule has 0 saturated carbocycles. The fraction of sp³-hybridized carbons (Fsp3) is 0.846. The van der Waals surface area contributed by atoms with E-state index in [1.165, 1.54) is 4.90 Å². The van der Waals surface area contributed by atoms with Gasteiger partial charge in [-0.3, -0.25) is 9.69 Å². The Morgan fingerprint density at radius 3 is 2.42 bits per heavy atom. The van der Waals surface area contributed by atoms with Gasteiger partial charge < -0.3 is 15.5 Å². The lowest BCUT2D eigenvalue weighted by Gasteiger charge is -2.31. The zero-order valence-electron chi connectivity index (χ0n) is 12.6. The number of rotatable bonds is 3. The number of likely N-dealkylation sites (tertiary alicyclic amines) is 1. The van der Waals surface area contributed by atoms with Gasteiger partial charge in [0.2, 0.25) is 5.91 Å². The number of urea groups is 1. The highest BCUT2D eigenvalue weighted by atomic mass is 16.2. The van der Waals surface area contributed by atoms with E-state index in [4.69, 9.17) is 0 Å². The third kappa shape index (κ3) is 5.06. The Kier molecular flexibility index (Phi) is 5.17. The second-order valence-corrected chi connectivity index (χ2v) is 6.22. The molecule has 1 aliphatic rings. The van der Waals surface area contributed by atoms with Crippen LogP contribution in [-0.4, -0.2) is 67.0 Å². The fourth-order valence-electron chi connectivity index (χ4n) is 2.08. The molecule has 2 N–H and O–H groups in total. The van der Waals surface area contributed by atoms with E-state index < -0.39 is 0 Å². The van der Waals surface area contributed by atoms with Crippen molar-refractivity contribution >= 4 is 11.9 Å². The van der Waals surface area contributed by atoms with Crippen LogP contribution in [0.2, 0.25) is 0 Å². The molecular weight excluding hydrogens is 244 g/mol. The lowest BCUT2D eigenvalue weighted by atomic mass is 10.1. The van der Waals surface area contributed by atoms with Crippen LogP contribution >= 0.6 is 0 Å². The smallest absolute Gasteiger partial charge is 0.317 e. The summed E-state index contributed by atoms with van der Waals surface area (Å²) < 4.78 is 0. The maximum absolute atomic E-state index is 11.7. The van der Waals surface area contributed by atoms with E-state index in [1.54, 1.807) is 14.1 Å². The van der Waals surface area contributed by atoms with Crippen LogP contribution in [0.4, 0.5) is 4.79 Å². The third-order valence-electron chi connectivity index (χ3n) is 3.31. The van der Waals surface area contributed by atoms with Gasteiger partial charge in [-0.05, 0) is 27.2 Å². The van der Waals surface area contributed by atoms with Crippen molar-refractivity contribution in [3.8, 4) is 0 Å². The minimum atomic E-state index is -0.252. The number of carbonyl (C=O) groups is 2. The summed E-state index contributed by atoms with van der Waals surface area (Å²) in [7, 11) is 3.29. The van der Waals surface area contributed by atoms with Crippen LogP contribution in [0.15, 0.2) is 0 Å². The third-order valence-corrected chi connectivity index (χ3v) is 3.31. The molecule has 1 aliphatic heterocycles. The summed E-state index contributed by atoms with van der Waals surface area (Å²) in [5, 5.41) is 5.52. The van der Waals surface area contributed by atoms with Gasteiger partial charge in [-0.2, -0.15) is 0 Å². The van der Waals surface area contributed by atoms with Crippen LogP contribution in [0.25, 0.3) is 0 Å². The van der Waals surface area contributed by atoms with E-state index in [9.17, 15) is 9.59 Å². The standard InChI is InChI=1S/C13H26N4O2/c1-13(2,3)17-7-6-10(9-17)15-11(18)8-14-12(19)16(4)5/h10H,6-9H2,1-5H3,(H,14,19)(H,15,18)/t10-/m1/s1. The SMILES string of the molecule is CN(C)C(=O)NCC(=O)N[C@@H]1CCN(C(C)(C)C)C1. The van der Waals surface area contributed by atoms with Gasteiger partial charge in [-0.25, -0.2) is 4.79 Å². The molecule has 1 atom stereocenters. The molecule has 0 aliphatic carbocycles. The zero-order chi connectivity index (χ0) is 14.6. The van der Waals surface area contributed by atoms with Crippen LogP contribution in [0, 0.1) is 0 Å². The summed E-state index contributed by atoms with van der Waals surface area (Å²) in [6.45, 7) is 8.43. The Bertz CT molecular complexity index is 336. The number of nitrogens with one attached hydrogen (secondary N) is 2. The number of hydrogen-bond acceptors (Lipinski definition) is 3. The summed E-state index contributed by atoms with van der Waals surface area (Å²) >= 11 is 0. The van der Waals surface area contributed by atoms with Crippen molar-refractivity contribution < 1.29 is 9.59 Å². The van der Waals surface area contributed by atoms with Gasteiger partial charge in [0.05, 0.1) is 6.54 Å². The zero-order valence-corrected chi connectivity index (χ0v) is 12.6. The molecule has 1 rings (SSSR count). The summed E-state index contributed by atoms with van der Waals surface area (Å²) in [6, 6.07) is -0.0686. The fourth-order valence-corrected chi connectivity index (χ4v) is 2.08. The quantitative estimate of drug-likeness (QED) is 0.772. The van der Waals surface area contributed by atoms with Gasteiger partial charge in [0.1, 0.15) is 0 Å². The Balaban J connectivity index is 2.29. The van der Waals surface area contributed by atoms with Crippen LogP contribution in [-0.2, 0) is 4.79 Å². The maximum atomic E-state index is 11.7. The first-order chi connectivity index (χ1) is 8.70. The van der Waals surface area contributed by atoms with E-state index >= 15 is 0 Å². The molecule has 0 radical (unpaired) electrons. The first-order valence-electron chi connectivity index (χ1n) is 6.69. The van der Waals surface area contributed by atoms with Crippen molar-refractivity contribution in [3.63, 3.8) is 0 Å². The van der Waals surface area contributed by atoms with E-state index in [0.29, 0.717) is 0 Å². The first-order valence-corrected chi connectivity index (χ1v) is 6.69. The molecule has 0 aromatic heterocycles. The predicted molar refractivity (Wildman–Crippen MR) is 75.0 cm³/mol. The summed E-state index contributed by atoms with van der Waals surface area (Å²) in [6.07, 6.45) is 0.963. The lowest BCUT2D eigenvalue weighted by Crippen LogP contribution is -2.46. The lowest BCUT2D eigenvalue weighted by molar-refractivity contribution is -0.120. The van der Waals surface area contributed by atoms with Crippen LogP contribution in [0.1, 0.15) is 27.2 Å². The van der Waals surface area contributed by atoms with Crippen molar-refractivity contribution in [1.29, 1.82) is 0 Å². The van der Waals surface area contributed by atoms with Gasteiger partial charge >= 0.3 is 6.03 Å². The Labute approximate surface area is 115 Å². The van der Waals surface area contributed by atoms with Crippen LogP contribution in [0.3, 0.4) is 0 Å². The highest BCUT2D eigenvalue weighted by molar-refractivity contribution is 5.83. The maximum Gasteiger partial charge on any atom is 0.317 e. The first kappa shape index (κ1) is 15.8. The van der Waals surface area contributed by atoms with Crippen molar-refractivity contribution in [2.75, 3.05) is 33.7 Å². The van der Waals surface area contributed by atoms with Crippen LogP contribution < -0.4 is 10.6 Å². The number of nitrogens with zero attached hydrogens (tertiary/aromatic N) is 2. The van der Waals surface area contributed by atoms with E-state index in [1.807, 2.05) is 0 Å².